The molecule has 25 heavy (non-hydrogen) atoms. The average Bonchev–Trinajstić information content (AvgIpc) is 3.20. The van der Waals surface area contributed by atoms with Gasteiger partial charge in [0.05, 0.1) is 28.8 Å². The fourth-order valence-electron chi connectivity index (χ4n) is 2.73. The lowest BCUT2D eigenvalue weighted by Gasteiger charge is -2.01. The van der Waals surface area contributed by atoms with E-state index in [0.29, 0.717) is 5.65 Å². The van der Waals surface area contributed by atoms with Gasteiger partial charge in [-0.25, -0.2) is 15.0 Å². The highest BCUT2D eigenvalue weighted by Crippen LogP contribution is 2.23. The molecule has 3 heterocycles. The maximum Gasteiger partial charge on any atom is 0.190 e. The van der Waals surface area contributed by atoms with Crippen molar-refractivity contribution in [1.82, 2.24) is 29.9 Å². The number of thiazole rings is 1. The van der Waals surface area contributed by atoms with Gasteiger partial charge in [-0.15, -0.1) is 10.2 Å². The fourth-order valence-corrected chi connectivity index (χ4v) is 3.47. The van der Waals surface area contributed by atoms with Crippen molar-refractivity contribution in [2.75, 3.05) is 7.11 Å². The van der Waals surface area contributed by atoms with E-state index in [2.05, 4.69) is 25.1 Å². The lowest BCUT2D eigenvalue weighted by atomic mass is 10.2. The number of aryl methyl sites for hydroxylation is 1. The van der Waals surface area contributed by atoms with Gasteiger partial charge in [0, 0.05) is 6.07 Å². The van der Waals surface area contributed by atoms with Gasteiger partial charge < -0.3 is 4.74 Å². The van der Waals surface area contributed by atoms with Crippen molar-refractivity contribution in [3.63, 3.8) is 0 Å². The Bertz CT molecular complexity index is 1260. The van der Waals surface area contributed by atoms with Crippen molar-refractivity contribution in [3.05, 3.63) is 41.4 Å². The Labute approximate surface area is 145 Å². The molecule has 0 aliphatic heterocycles. The molecule has 0 amide bonds. The minimum Gasteiger partial charge on any atom is -0.497 e. The summed E-state index contributed by atoms with van der Waals surface area (Å²) in [6, 6.07) is 11.4. The van der Waals surface area contributed by atoms with Crippen molar-refractivity contribution in [3.8, 4) is 11.4 Å². The number of hydrogen-bond acceptors (Lipinski definition) is 7. The molecule has 0 fully saturated rings. The molecule has 3 aromatic heterocycles. The predicted octanol–water partition coefficient (Wildman–Crippen LogP) is 3.29. The van der Waals surface area contributed by atoms with Gasteiger partial charge >= 0.3 is 0 Å². The third-order valence-corrected chi connectivity index (χ3v) is 4.78. The molecule has 0 aliphatic carbocycles. The van der Waals surface area contributed by atoms with Gasteiger partial charge in [-0.3, -0.25) is 0 Å². The molecule has 8 heteroatoms. The van der Waals surface area contributed by atoms with Gasteiger partial charge in [-0.2, -0.15) is 4.80 Å². The van der Waals surface area contributed by atoms with Crippen LogP contribution >= 0.6 is 11.3 Å². The summed E-state index contributed by atoms with van der Waals surface area (Å²) in [6.45, 7) is 1.96. The predicted molar refractivity (Wildman–Crippen MR) is 96.4 cm³/mol. The largest absolute Gasteiger partial charge is 0.497 e. The van der Waals surface area contributed by atoms with Gasteiger partial charge in [-0.05, 0) is 37.3 Å². The molecule has 2 aromatic carbocycles. The third-order valence-electron chi connectivity index (χ3n) is 3.92. The molecular formula is C17H12N6OS. The highest BCUT2D eigenvalue weighted by Gasteiger charge is 2.10. The summed E-state index contributed by atoms with van der Waals surface area (Å²) in [6.07, 6.45) is 0. The highest BCUT2D eigenvalue weighted by atomic mass is 32.1. The standard InChI is InChI=1S/C17H12N6OS/c1-9-18-16-17(25-9)20-12-5-3-10(7-14(12)19-16)23-21-13-6-4-11(24-2)8-15(13)22-23/h3-8H,1-2H3. The normalized spacial score (nSPS) is 11.6. The Morgan fingerprint density at radius 3 is 2.60 bits per heavy atom. The second kappa shape index (κ2) is 5.18. The van der Waals surface area contributed by atoms with Crippen molar-refractivity contribution < 1.29 is 4.74 Å². The molecule has 0 spiro atoms. The van der Waals surface area contributed by atoms with Crippen LogP contribution in [0.25, 0.3) is 38.2 Å². The van der Waals surface area contributed by atoms with E-state index in [1.165, 1.54) is 0 Å². The Balaban J connectivity index is 1.67. The van der Waals surface area contributed by atoms with Crippen LogP contribution in [0.3, 0.4) is 0 Å². The molecule has 5 aromatic rings. The molecule has 0 saturated heterocycles. The van der Waals surface area contributed by atoms with Crippen molar-refractivity contribution >= 4 is 43.9 Å². The molecule has 0 unspecified atom stereocenters. The van der Waals surface area contributed by atoms with Crippen LogP contribution in [0.5, 0.6) is 5.75 Å². The number of rotatable bonds is 2. The van der Waals surface area contributed by atoms with Gasteiger partial charge in [-0.1, -0.05) is 11.3 Å². The molecule has 0 saturated carbocycles. The molecule has 0 atom stereocenters. The second-order valence-electron chi connectivity index (χ2n) is 5.60. The number of hydrogen-bond donors (Lipinski definition) is 0. The summed E-state index contributed by atoms with van der Waals surface area (Å²) < 4.78 is 5.24. The highest BCUT2D eigenvalue weighted by molar-refractivity contribution is 7.18. The Morgan fingerprint density at radius 1 is 0.880 bits per heavy atom. The quantitative estimate of drug-likeness (QED) is 0.487. The zero-order valence-electron chi connectivity index (χ0n) is 13.5. The van der Waals surface area contributed by atoms with E-state index in [-0.39, 0.29) is 0 Å². The first-order valence-electron chi connectivity index (χ1n) is 7.66. The Hall–Kier alpha value is -3.13. The minimum atomic E-state index is 0.676. The summed E-state index contributed by atoms with van der Waals surface area (Å²) in [7, 11) is 1.63. The number of methoxy groups -OCH3 is 1. The number of aromatic nitrogens is 6. The van der Waals surface area contributed by atoms with E-state index in [9.17, 15) is 0 Å². The SMILES string of the molecule is COc1ccc2nn(-c3ccc4nc5sc(C)nc5nc4c3)nc2c1. The second-order valence-corrected chi connectivity index (χ2v) is 6.78. The molecule has 0 N–H and O–H groups in total. The van der Waals surface area contributed by atoms with Crippen molar-refractivity contribution in [1.29, 1.82) is 0 Å². The van der Waals surface area contributed by atoms with Gasteiger partial charge in [0.25, 0.3) is 0 Å². The lowest BCUT2D eigenvalue weighted by Crippen LogP contribution is -1.99. The van der Waals surface area contributed by atoms with E-state index < -0.39 is 0 Å². The van der Waals surface area contributed by atoms with Crippen molar-refractivity contribution in [2.24, 2.45) is 0 Å². The lowest BCUT2D eigenvalue weighted by molar-refractivity contribution is 0.415. The maximum atomic E-state index is 5.24. The van der Waals surface area contributed by atoms with Crippen LogP contribution in [0.2, 0.25) is 0 Å². The number of benzene rings is 2. The number of ether oxygens (including phenoxy) is 1. The summed E-state index contributed by atoms with van der Waals surface area (Å²) in [5.41, 5.74) is 4.68. The first kappa shape index (κ1) is 14.2. The molecule has 122 valence electrons. The van der Waals surface area contributed by atoms with Gasteiger partial charge in [0.15, 0.2) is 10.5 Å². The first-order chi connectivity index (χ1) is 12.2. The smallest absolute Gasteiger partial charge is 0.190 e. The summed E-state index contributed by atoms with van der Waals surface area (Å²) >= 11 is 1.55. The average molecular weight is 348 g/mol. The van der Waals surface area contributed by atoms with Gasteiger partial charge in [0.2, 0.25) is 0 Å². The van der Waals surface area contributed by atoms with Crippen molar-refractivity contribution in [2.45, 2.75) is 6.92 Å². The Morgan fingerprint density at radius 2 is 1.72 bits per heavy atom. The van der Waals surface area contributed by atoms with Crippen LogP contribution in [0.1, 0.15) is 5.01 Å². The molecule has 5 rings (SSSR count). The number of nitrogens with zero attached hydrogens (tertiary/aromatic N) is 6. The Kier molecular flexibility index (Phi) is 2.95. The van der Waals surface area contributed by atoms with Crippen LogP contribution in [-0.2, 0) is 0 Å². The molecule has 0 aliphatic rings. The van der Waals surface area contributed by atoms with E-state index in [0.717, 1.165) is 43.3 Å². The monoisotopic (exact) mass is 348 g/mol. The topological polar surface area (TPSA) is 78.6 Å². The first-order valence-corrected chi connectivity index (χ1v) is 8.48. The molecule has 7 nitrogen and oxygen atoms in total. The van der Waals surface area contributed by atoms with Crippen LogP contribution in [0.15, 0.2) is 36.4 Å². The minimum absolute atomic E-state index is 0.676. The molecular weight excluding hydrogens is 336 g/mol. The summed E-state index contributed by atoms with van der Waals surface area (Å²) in [4.78, 5) is 16.1. The van der Waals surface area contributed by atoms with Crippen LogP contribution in [0.4, 0.5) is 0 Å². The third kappa shape index (κ3) is 2.30. The zero-order valence-corrected chi connectivity index (χ0v) is 14.3. The van der Waals surface area contributed by atoms with E-state index in [4.69, 9.17) is 4.74 Å². The summed E-state index contributed by atoms with van der Waals surface area (Å²) in [5, 5.41) is 10.0. The van der Waals surface area contributed by atoms with Crippen LogP contribution in [0, 0.1) is 6.92 Å². The zero-order chi connectivity index (χ0) is 17.0. The summed E-state index contributed by atoms with van der Waals surface area (Å²) in [5.74, 6) is 0.755. The van der Waals surface area contributed by atoms with Gasteiger partial charge in [0.1, 0.15) is 16.8 Å². The van der Waals surface area contributed by atoms with E-state index in [1.54, 1.807) is 23.2 Å². The number of fused-ring (bicyclic) bond motifs is 3. The molecule has 0 bridgehead atoms. The van der Waals surface area contributed by atoms with Crippen LogP contribution < -0.4 is 4.74 Å². The van der Waals surface area contributed by atoms with Crippen LogP contribution in [-0.4, -0.2) is 37.1 Å². The molecule has 0 radical (unpaired) electrons. The van der Waals surface area contributed by atoms with E-state index >= 15 is 0 Å². The maximum absolute atomic E-state index is 5.24. The van der Waals surface area contributed by atoms with E-state index in [1.807, 2.05) is 43.3 Å². The fraction of sp³-hybridized carbons (Fsp3) is 0.118.